The van der Waals surface area contributed by atoms with Gasteiger partial charge in [0.25, 0.3) is 0 Å². The van der Waals surface area contributed by atoms with Crippen LogP contribution in [-0.4, -0.2) is 12.1 Å². The van der Waals surface area contributed by atoms with Crippen LogP contribution in [0.1, 0.15) is 27.7 Å². The number of allylic oxidation sites excluding steroid dienone is 1. The van der Waals surface area contributed by atoms with Gasteiger partial charge in [-0.3, -0.25) is 4.79 Å². The maximum Gasteiger partial charge on any atom is 0.312 e. The largest absolute Gasteiger partial charge is 0.463 e. The van der Waals surface area contributed by atoms with E-state index in [1.807, 2.05) is 39.8 Å². The lowest BCUT2D eigenvalue weighted by Crippen LogP contribution is -2.17. The zero-order valence-corrected chi connectivity index (χ0v) is 7.63. The quantitative estimate of drug-likeness (QED) is 0.462. The van der Waals surface area contributed by atoms with E-state index in [2.05, 4.69) is 0 Å². The van der Waals surface area contributed by atoms with Gasteiger partial charge in [-0.05, 0) is 27.7 Å². The van der Waals surface area contributed by atoms with Gasteiger partial charge in [-0.15, -0.1) is 0 Å². The summed E-state index contributed by atoms with van der Waals surface area (Å²) in [5, 5.41) is 0. The summed E-state index contributed by atoms with van der Waals surface area (Å²) in [6, 6.07) is 0. The molecular formula is C9H16O2. The first-order valence-corrected chi connectivity index (χ1v) is 3.91. The highest BCUT2D eigenvalue weighted by atomic mass is 16.5. The molecule has 2 heteroatoms. The molecule has 0 amide bonds. The molecule has 0 aliphatic heterocycles. The SMILES string of the molecule is C/C=C/C(C)C(=O)OC(C)C. The Morgan fingerprint density at radius 1 is 1.36 bits per heavy atom. The summed E-state index contributed by atoms with van der Waals surface area (Å²) in [4.78, 5) is 11.1. The van der Waals surface area contributed by atoms with Crippen LogP contribution in [-0.2, 0) is 9.53 Å². The molecule has 0 aliphatic rings. The molecule has 0 bridgehead atoms. The molecule has 2 nitrogen and oxygen atoms in total. The van der Waals surface area contributed by atoms with E-state index in [9.17, 15) is 4.79 Å². The lowest BCUT2D eigenvalue weighted by molar-refractivity contribution is -0.150. The topological polar surface area (TPSA) is 26.3 Å². The van der Waals surface area contributed by atoms with Crippen LogP contribution < -0.4 is 0 Å². The van der Waals surface area contributed by atoms with Gasteiger partial charge < -0.3 is 4.74 Å². The Hall–Kier alpha value is -0.790. The summed E-state index contributed by atoms with van der Waals surface area (Å²) in [5.41, 5.74) is 0. The van der Waals surface area contributed by atoms with Gasteiger partial charge in [0.15, 0.2) is 0 Å². The Kier molecular flexibility index (Phi) is 4.59. The molecule has 1 unspecified atom stereocenters. The molecule has 0 saturated carbocycles. The number of hydrogen-bond acceptors (Lipinski definition) is 2. The van der Waals surface area contributed by atoms with Crippen molar-refractivity contribution in [2.24, 2.45) is 5.92 Å². The summed E-state index contributed by atoms with van der Waals surface area (Å²) in [7, 11) is 0. The van der Waals surface area contributed by atoms with E-state index in [4.69, 9.17) is 4.74 Å². The van der Waals surface area contributed by atoms with Gasteiger partial charge in [0, 0.05) is 0 Å². The molecule has 64 valence electrons. The van der Waals surface area contributed by atoms with Gasteiger partial charge in [-0.25, -0.2) is 0 Å². The van der Waals surface area contributed by atoms with Gasteiger partial charge >= 0.3 is 5.97 Å². The Morgan fingerprint density at radius 3 is 2.27 bits per heavy atom. The normalized spacial score (nSPS) is 13.9. The minimum absolute atomic E-state index is 0.0183. The van der Waals surface area contributed by atoms with Crippen molar-refractivity contribution < 1.29 is 9.53 Å². The van der Waals surface area contributed by atoms with Crippen molar-refractivity contribution in [3.8, 4) is 0 Å². The summed E-state index contributed by atoms with van der Waals surface area (Å²) in [6.45, 7) is 7.41. The fourth-order valence-electron chi connectivity index (χ4n) is 0.707. The molecule has 0 heterocycles. The van der Waals surface area contributed by atoms with Crippen LogP contribution in [0.25, 0.3) is 0 Å². The second-order valence-corrected chi connectivity index (χ2v) is 2.80. The van der Waals surface area contributed by atoms with E-state index in [1.165, 1.54) is 0 Å². The van der Waals surface area contributed by atoms with Crippen molar-refractivity contribution in [1.82, 2.24) is 0 Å². The van der Waals surface area contributed by atoms with Gasteiger partial charge in [0.1, 0.15) is 0 Å². The molecule has 0 fully saturated rings. The Bertz CT molecular complexity index is 148. The van der Waals surface area contributed by atoms with Crippen molar-refractivity contribution in [3.05, 3.63) is 12.2 Å². The first-order valence-electron chi connectivity index (χ1n) is 3.91. The highest BCUT2D eigenvalue weighted by molar-refractivity contribution is 5.74. The predicted molar refractivity (Wildman–Crippen MR) is 45.2 cm³/mol. The molecule has 0 spiro atoms. The molecule has 0 N–H and O–H groups in total. The number of esters is 1. The average Bonchev–Trinajstić information content (AvgIpc) is 1.86. The first-order chi connectivity index (χ1) is 5.07. The zero-order valence-electron chi connectivity index (χ0n) is 7.63. The molecular weight excluding hydrogens is 140 g/mol. The Morgan fingerprint density at radius 2 is 1.91 bits per heavy atom. The van der Waals surface area contributed by atoms with Crippen molar-refractivity contribution in [2.75, 3.05) is 0 Å². The zero-order chi connectivity index (χ0) is 8.85. The molecule has 0 radical (unpaired) electrons. The van der Waals surface area contributed by atoms with E-state index in [0.717, 1.165) is 0 Å². The fraction of sp³-hybridized carbons (Fsp3) is 0.667. The fourth-order valence-corrected chi connectivity index (χ4v) is 0.707. The summed E-state index contributed by atoms with van der Waals surface area (Å²) in [5.74, 6) is -0.277. The second-order valence-electron chi connectivity index (χ2n) is 2.80. The van der Waals surface area contributed by atoms with Gasteiger partial charge in [-0.1, -0.05) is 12.2 Å². The Labute approximate surface area is 68.2 Å². The standard InChI is InChI=1S/C9H16O2/c1-5-6-8(4)9(10)11-7(2)3/h5-8H,1-4H3/b6-5+. The molecule has 0 saturated heterocycles. The molecule has 11 heavy (non-hydrogen) atoms. The van der Waals surface area contributed by atoms with E-state index in [1.54, 1.807) is 0 Å². The lowest BCUT2D eigenvalue weighted by atomic mass is 10.2. The summed E-state index contributed by atoms with van der Waals surface area (Å²) in [6.07, 6.45) is 3.66. The molecule has 0 rings (SSSR count). The molecule has 0 aliphatic carbocycles. The van der Waals surface area contributed by atoms with E-state index in [0.29, 0.717) is 0 Å². The van der Waals surface area contributed by atoms with Crippen LogP contribution in [0.3, 0.4) is 0 Å². The first kappa shape index (κ1) is 10.2. The summed E-state index contributed by atoms with van der Waals surface area (Å²) >= 11 is 0. The number of rotatable bonds is 3. The minimum atomic E-state index is -0.155. The van der Waals surface area contributed by atoms with E-state index < -0.39 is 0 Å². The third-order valence-electron chi connectivity index (χ3n) is 1.20. The van der Waals surface area contributed by atoms with Crippen LogP contribution in [0.15, 0.2) is 12.2 Å². The van der Waals surface area contributed by atoms with Crippen molar-refractivity contribution in [1.29, 1.82) is 0 Å². The third-order valence-corrected chi connectivity index (χ3v) is 1.20. The number of carbonyl (C=O) groups is 1. The van der Waals surface area contributed by atoms with Crippen LogP contribution in [0, 0.1) is 5.92 Å². The molecule has 0 aromatic rings. The second kappa shape index (κ2) is 4.94. The molecule has 0 aromatic heterocycles. The van der Waals surface area contributed by atoms with Crippen LogP contribution in [0.4, 0.5) is 0 Å². The predicted octanol–water partition coefficient (Wildman–Crippen LogP) is 2.15. The Balaban J connectivity index is 3.83. The van der Waals surface area contributed by atoms with Crippen LogP contribution in [0.5, 0.6) is 0 Å². The highest BCUT2D eigenvalue weighted by Gasteiger charge is 2.11. The monoisotopic (exact) mass is 156 g/mol. The lowest BCUT2D eigenvalue weighted by Gasteiger charge is -2.10. The van der Waals surface area contributed by atoms with Gasteiger partial charge in [0.05, 0.1) is 12.0 Å². The average molecular weight is 156 g/mol. The minimum Gasteiger partial charge on any atom is -0.463 e. The molecule has 1 atom stereocenters. The van der Waals surface area contributed by atoms with Gasteiger partial charge in [-0.2, -0.15) is 0 Å². The van der Waals surface area contributed by atoms with Crippen LogP contribution >= 0.6 is 0 Å². The number of ether oxygens (including phenoxy) is 1. The van der Waals surface area contributed by atoms with E-state index >= 15 is 0 Å². The van der Waals surface area contributed by atoms with Crippen molar-refractivity contribution in [3.63, 3.8) is 0 Å². The third kappa shape index (κ3) is 4.59. The number of hydrogen-bond donors (Lipinski definition) is 0. The van der Waals surface area contributed by atoms with Gasteiger partial charge in [0.2, 0.25) is 0 Å². The maximum atomic E-state index is 11.1. The van der Waals surface area contributed by atoms with Crippen LogP contribution in [0.2, 0.25) is 0 Å². The molecule has 0 aromatic carbocycles. The number of carbonyl (C=O) groups excluding carboxylic acids is 1. The highest BCUT2D eigenvalue weighted by Crippen LogP contribution is 2.02. The van der Waals surface area contributed by atoms with Crippen molar-refractivity contribution in [2.45, 2.75) is 33.8 Å². The maximum absolute atomic E-state index is 11.1. The summed E-state index contributed by atoms with van der Waals surface area (Å²) < 4.78 is 4.97. The van der Waals surface area contributed by atoms with E-state index in [-0.39, 0.29) is 18.0 Å². The smallest absolute Gasteiger partial charge is 0.312 e. The van der Waals surface area contributed by atoms with Crippen molar-refractivity contribution >= 4 is 5.97 Å².